The summed E-state index contributed by atoms with van der Waals surface area (Å²) >= 11 is 0. The van der Waals surface area contributed by atoms with E-state index in [-0.39, 0.29) is 12.2 Å². The molecule has 10 heavy (non-hydrogen) atoms. The van der Waals surface area contributed by atoms with Gasteiger partial charge in [0.25, 0.3) is 0 Å². The number of halogens is 1. The van der Waals surface area contributed by atoms with Gasteiger partial charge in [-0.15, -0.1) is 0 Å². The molecule has 0 saturated heterocycles. The molecule has 0 saturated carbocycles. The molecule has 0 aliphatic rings. The van der Waals surface area contributed by atoms with Crippen LogP contribution in [-0.2, 0) is 0 Å². The largest absolute Gasteiger partial charge is 0.469 e. The van der Waals surface area contributed by atoms with Crippen molar-refractivity contribution in [1.82, 2.24) is 0 Å². The number of hydrogen-bond donors (Lipinski definition) is 2. The summed E-state index contributed by atoms with van der Waals surface area (Å²) in [4.78, 5) is 0. The van der Waals surface area contributed by atoms with Crippen LogP contribution in [-0.4, -0.2) is 11.7 Å². The van der Waals surface area contributed by atoms with Crippen molar-refractivity contribution in [3.05, 3.63) is 23.9 Å². The Morgan fingerprint density at radius 2 is 2.40 bits per heavy atom. The molecule has 0 radical (unpaired) electrons. The summed E-state index contributed by atoms with van der Waals surface area (Å²) in [5, 5.41) is 8.50. The number of hydrogen-bond acceptors (Lipinski definition) is 3. The Balaban J connectivity index is 2.82. The van der Waals surface area contributed by atoms with Crippen LogP contribution in [0.4, 0.5) is 4.39 Å². The lowest BCUT2D eigenvalue weighted by Gasteiger charge is -2.02. The van der Waals surface area contributed by atoms with Gasteiger partial charge in [-0.1, -0.05) is 0 Å². The average Bonchev–Trinajstić information content (AvgIpc) is 2.34. The average molecular weight is 145 g/mol. The lowest BCUT2D eigenvalue weighted by molar-refractivity contribution is 0.265. The number of nitrogens with two attached hydrogens (primary N) is 1. The van der Waals surface area contributed by atoms with E-state index < -0.39 is 11.9 Å². The first-order valence-electron chi connectivity index (χ1n) is 2.83. The van der Waals surface area contributed by atoms with E-state index in [1.807, 2.05) is 0 Å². The van der Waals surface area contributed by atoms with Crippen LogP contribution >= 0.6 is 0 Å². The maximum atomic E-state index is 12.5. The molecule has 1 rings (SSSR count). The van der Waals surface area contributed by atoms with Gasteiger partial charge in [0.2, 0.25) is 0 Å². The van der Waals surface area contributed by atoms with Gasteiger partial charge in [0.1, 0.15) is 6.26 Å². The second-order valence-corrected chi connectivity index (χ2v) is 1.96. The van der Waals surface area contributed by atoms with Crippen molar-refractivity contribution in [2.75, 3.05) is 6.61 Å². The zero-order chi connectivity index (χ0) is 7.56. The van der Waals surface area contributed by atoms with Crippen molar-refractivity contribution >= 4 is 0 Å². The predicted molar refractivity (Wildman–Crippen MR) is 32.7 cm³/mol. The van der Waals surface area contributed by atoms with Gasteiger partial charge >= 0.3 is 0 Å². The monoisotopic (exact) mass is 145 g/mol. The molecule has 0 fully saturated rings. The molecule has 3 N–H and O–H groups in total. The van der Waals surface area contributed by atoms with E-state index in [9.17, 15) is 4.39 Å². The minimum absolute atomic E-state index is 0.211. The van der Waals surface area contributed by atoms with E-state index in [0.29, 0.717) is 0 Å². The SMILES string of the molecule is N[C@@H](CO)c1cocc1F. The predicted octanol–water partition coefficient (Wildman–Crippen LogP) is 0.411. The van der Waals surface area contributed by atoms with E-state index in [0.717, 1.165) is 6.26 Å². The first kappa shape index (κ1) is 7.24. The van der Waals surface area contributed by atoms with Gasteiger partial charge in [-0.3, -0.25) is 0 Å². The Morgan fingerprint density at radius 3 is 2.80 bits per heavy atom. The highest BCUT2D eigenvalue weighted by atomic mass is 19.1. The van der Waals surface area contributed by atoms with Crippen LogP contribution in [0.25, 0.3) is 0 Å². The van der Waals surface area contributed by atoms with E-state index in [4.69, 9.17) is 10.8 Å². The number of furan rings is 1. The standard InChI is InChI=1S/C6H8FNO2/c7-5-3-10-2-4(5)6(8)1-9/h2-3,6,9H,1,8H2/t6-/m0/s1. The highest BCUT2D eigenvalue weighted by Gasteiger charge is 2.11. The van der Waals surface area contributed by atoms with Crippen LogP contribution in [0.15, 0.2) is 16.9 Å². The first-order valence-corrected chi connectivity index (χ1v) is 2.83. The molecular weight excluding hydrogens is 137 g/mol. The topological polar surface area (TPSA) is 59.4 Å². The van der Waals surface area contributed by atoms with Crippen molar-refractivity contribution in [3.8, 4) is 0 Å². The molecule has 0 bridgehead atoms. The summed E-state index contributed by atoms with van der Waals surface area (Å²) in [7, 11) is 0. The summed E-state index contributed by atoms with van der Waals surface area (Å²) in [5.74, 6) is -0.512. The fraction of sp³-hybridized carbons (Fsp3) is 0.333. The fourth-order valence-electron chi connectivity index (χ4n) is 0.654. The molecular formula is C6H8FNO2. The van der Waals surface area contributed by atoms with Crippen LogP contribution in [0.3, 0.4) is 0 Å². The van der Waals surface area contributed by atoms with E-state index in [2.05, 4.69) is 4.42 Å². The summed E-state index contributed by atoms with van der Waals surface area (Å²) in [6, 6.07) is -0.682. The molecule has 56 valence electrons. The number of aliphatic hydroxyl groups excluding tert-OH is 1. The molecule has 0 aromatic carbocycles. The van der Waals surface area contributed by atoms with Crippen LogP contribution < -0.4 is 5.73 Å². The van der Waals surface area contributed by atoms with Crippen LogP contribution in [0, 0.1) is 5.82 Å². The Bertz CT molecular complexity index is 211. The molecule has 1 atom stereocenters. The maximum absolute atomic E-state index is 12.5. The fourth-order valence-corrected chi connectivity index (χ4v) is 0.654. The van der Waals surface area contributed by atoms with Crippen molar-refractivity contribution < 1.29 is 13.9 Å². The third-order valence-electron chi connectivity index (χ3n) is 1.24. The lowest BCUT2D eigenvalue weighted by atomic mass is 10.2. The molecule has 3 nitrogen and oxygen atoms in total. The Hall–Kier alpha value is -0.870. The second kappa shape index (κ2) is 2.81. The minimum atomic E-state index is -0.682. The summed E-state index contributed by atoms with van der Waals surface area (Å²) in [6.07, 6.45) is 2.14. The first-order chi connectivity index (χ1) is 4.75. The molecule has 1 aromatic heterocycles. The normalized spacial score (nSPS) is 13.5. The van der Waals surface area contributed by atoms with Crippen LogP contribution in [0.5, 0.6) is 0 Å². The molecule has 0 aliphatic heterocycles. The zero-order valence-corrected chi connectivity index (χ0v) is 5.25. The molecule has 1 aromatic rings. The van der Waals surface area contributed by atoms with Gasteiger partial charge in [0.05, 0.1) is 18.9 Å². The minimum Gasteiger partial charge on any atom is -0.469 e. The van der Waals surface area contributed by atoms with Gasteiger partial charge in [-0.05, 0) is 0 Å². The second-order valence-electron chi connectivity index (χ2n) is 1.96. The highest BCUT2D eigenvalue weighted by Crippen LogP contribution is 2.14. The molecule has 0 unspecified atom stereocenters. The van der Waals surface area contributed by atoms with Gasteiger partial charge in [-0.2, -0.15) is 0 Å². The molecule has 1 heterocycles. The van der Waals surface area contributed by atoms with Gasteiger partial charge in [0, 0.05) is 5.56 Å². The Labute approximate surface area is 57.3 Å². The quantitative estimate of drug-likeness (QED) is 0.633. The van der Waals surface area contributed by atoms with Crippen molar-refractivity contribution in [2.45, 2.75) is 6.04 Å². The number of aliphatic hydroxyl groups is 1. The third kappa shape index (κ3) is 1.17. The molecule has 0 spiro atoms. The van der Waals surface area contributed by atoms with Gasteiger partial charge in [-0.25, -0.2) is 4.39 Å². The van der Waals surface area contributed by atoms with Crippen molar-refractivity contribution in [1.29, 1.82) is 0 Å². The van der Waals surface area contributed by atoms with Crippen LogP contribution in [0.2, 0.25) is 0 Å². The summed E-state index contributed by atoms with van der Waals surface area (Å²) in [6.45, 7) is -0.281. The Kier molecular flexibility index (Phi) is 2.03. The zero-order valence-electron chi connectivity index (χ0n) is 5.25. The van der Waals surface area contributed by atoms with Crippen molar-refractivity contribution in [3.63, 3.8) is 0 Å². The van der Waals surface area contributed by atoms with E-state index in [1.165, 1.54) is 6.26 Å². The smallest absolute Gasteiger partial charge is 0.166 e. The van der Waals surface area contributed by atoms with Gasteiger partial charge < -0.3 is 15.3 Å². The molecule has 0 aliphatic carbocycles. The van der Waals surface area contributed by atoms with Crippen LogP contribution in [0.1, 0.15) is 11.6 Å². The molecule has 4 heteroatoms. The maximum Gasteiger partial charge on any atom is 0.166 e. The lowest BCUT2D eigenvalue weighted by Crippen LogP contribution is -2.14. The van der Waals surface area contributed by atoms with E-state index >= 15 is 0 Å². The highest BCUT2D eigenvalue weighted by molar-refractivity contribution is 5.13. The molecule has 0 amide bonds. The number of rotatable bonds is 2. The summed E-state index contributed by atoms with van der Waals surface area (Å²) < 4.78 is 17.0. The third-order valence-corrected chi connectivity index (χ3v) is 1.24. The Morgan fingerprint density at radius 1 is 1.70 bits per heavy atom. The summed E-state index contributed by atoms with van der Waals surface area (Å²) in [5.41, 5.74) is 5.50. The van der Waals surface area contributed by atoms with Crippen molar-refractivity contribution in [2.24, 2.45) is 5.73 Å². The van der Waals surface area contributed by atoms with Gasteiger partial charge in [0.15, 0.2) is 5.82 Å². The van der Waals surface area contributed by atoms with E-state index in [1.54, 1.807) is 0 Å².